The SMILES string of the molecule is CCNC(c1cnc(C)s1)c1c(F)cccc1Cl. The zero-order valence-electron chi connectivity index (χ0n) is 10.2. The van der Waals surface area contributed by atoms with Crippen LogP contribution in [0.2, 0.25) is 5.02 Å². The van der Waals surface area contributed by atoms with E-state index < -0.39 is 0 Å². The van der Waals surface area contributed by atoms with Crippen molar-refractivity contribution in [3.8, 4) is 0 Å². The van der Waals surface area contributed by atoms with Gasteiger partial charge in [-0.25, -0.2) is 9.37 Å². The van der Waals surface area contributed by atoms with Crippen molar-refractivity contribution in [1.29, 1.82) is 0 Å². The summed E-state index contributed by atoms with van der Waals surface area (Å²) in [6, 6.07) is 4.51. The van der Waals surface area contributed by atoms with Crippen LogP contribution in [0, 0.1) is 12.7 Å². The number of nitrogens with one attached hydrogen (secondary N) is 1. The van der Waals surface area contributed by atoms with Crippen LogP contribution >= 0.6 is 22.9 Å². The highest BCUT2D eigenvalue weighted by Crippen LogP contribution is 2.33. The Hall–Kier alpha value is -0.970. The average molecular weight is 285 g/mol. The van der Waals surface area contributed by atoms with Gasteiger partial charge in [0.05, 0.1) is 11.0 Å². The summed E-state index contributed by atoms with van der Waals surface area (Å²) in [4.78, 5) is 5.19. The molecule has 18 heavy (non-hydrogen) atoms. The van der Waals surface area contributed by atoms with Crippen molar-refractivity contribution in [2.45, 2.75) is 19.9 Å². The molecule has 0 saturated carbocycles. The fraction of sp³-hybridized carbons (Fsp3) is 0.308. The minimum atomic E-state index is -0.292. The summed E-state index contributed by atoms with van der Waals surface area (Å²) in [6.45, 7) is 4.64. The third-order valence-electron chi connectivity index (χ3n) is 2.62. The van der Waals surface area contributed by atoms with E-state index in [-0.39, 0.29) is 11.9 Å². The van der Waals surface area contributed by atoms with Gasteiger partial charge in [0.2, 0.25) is 0 Å². The van der Waals surface area contributed by atoms with Crippen molar-refractivity contribution in [1.82, 2.24) is 10.3 Å². The van der Waals surface area contributed by atoms with Crippen LogP contribution in [-0.2, 0) is 0 Å². The number of hydrogen-bond donors (Lipinski definition) is 1. The molecule has 0 amide bonds. The van der Waals surface area contributed by atoms with Gasteiger partial charge in [-0.2, -0.15) is 0 Å². The van der Waals surface area contributed by atoms with E-state index >= 15 is 0 Å². The van der Waals surface area contributed by atoms with Gasteiger partial charge >= 0.3 is 0 Å². The van der Waals surface area contributed by atoms with Gasteiger partial charge in [0.1, 0.15) is 5.82 Å². The molecule has 1 unspecified atom stereocenters. The number of thiazole rings is 1. The lowest BCUT2D eigenvalue weighted by molar-refractivity contribution is 0.563. The molecular weight excluding hydrogens is 271 g/mol. The molecule has 0 bridgehead atoms. The molecule has 0 spiro atoms. The van der Waals surface area contributed by atoms with E-state index in [0.29, 0.717) is 10.6 Å². The normalized spacial score (nSPS) is 12.7. The fourth-order valence-corrected chi connectivity index (χ4v) is 2.99. The van der Waals surface area contributed by atoms with Crippen LogP contribution in [0.1, 0.15) is 28.4 Å². The van der Waals surface area contributed by atoms with Crippen molar-refractivity contribution in [3.05, 3.63) is 50.7 Å². The van der Waals surface area contributed by atoms with Crippen molar-refractivity contribution in [2.24, 2.45) is 0 Å². The van der Waals surface area contributed by atoms with Gasteiger partial charge in [0.25, 0.3) is 0 Å². The maximum atomic E-state index is 14.0. The molecule has 2 nitrogen and oxygen atoms in total. The first-order valence-corrected chi connectivity index (χ1v) is 6.92. The van der Waals surface area contributed by atoms with E-state index in [1.807, 2.05) is 13.8 Å². The predicted octanol–water partition coefficient (Wildman–Crippen LogP) is 3.94. The summed E-state index contributed by atoms with van der Waals surface area (Å²) >= 11 is 7.67. The highest BCUT2D eigenvalue weighted by atomic mass is 35.5. The van der Waals surface area contributed by atoms with E-state index in [2.05, 4.69) is 10.3 Å². The van der Waals surface area contributed by atoms with Crippen LogP contribution in [0.25, 0.3) is 0 Å². The third kappa shape index (κ3) is 2.71. The zero-order valence-corrected chi connectivity index (χ0v) is 11.8. The number of benzene rings is 1. The summed E-state index contributed by atoms with van der Waals surface area (Å²) in [5.74, 6) is -0.292. The van der Waals surface area contributed by atoms with Crippen molar-refractivity contribution in [3.63, 3.8) is 0 Å². The minimum Gasteiger partial charge on any atom is -0.306 e. The molecule has 1 heterocycles. The number of hydrogen-bond acceptors (Lipinski definition) is 3. The monoisotopic (exact) mass is 284 g/mol. The first kappa shape index (κ1) is 13.5. The Morgan fingerprint density at radius 3 is 2.83 bits per heavy atom. The van der Waals surface area contributed by atoms with Gasteiger partial charge < -0.3 is 5.32 Å². The van der Waals surface area contributed by atoms with Gasteiger partial charge in [0.15, 0.2) is 0 Å². The van der Waals surface area contributed by atoms with Gasteiger partial charge in [-0.15, -0.1) is 11.3 Å². The summed E-state index contributed by atoms with van der Waals surface area (Å²) in [5.41, 5.74) is 0.490. The van der Waals surface area contributed by atoms with Crippen molar-refractivity contribution in [2.75, 3.05) is 6.54 Å². The van der Waals surface area contributed by atoms with E-state index in [4.69, 9.17) is 11.6 Å². The number of halogens is 2. The fourth-order valence-electron chi connectivity index (χ4n) is 1.85. The smallest absolute Gasteiger partial charge is 0.129 e. The number of rotatable bonds is 4. The van der Waals surface area contributed by atoms with Crippen LogP contribution in [0.15, 0.2) is 24.4 Å². The number of aryl methyl sites for hydroxylation is 1. The summed E-state index contributed by atoms with van der Waals surface area (Å²) < 4.78 is 14.0. The molecule has 0 saturated heterocycles. The lowest BCUT2D eigenvalue weighted by Crippen LogP contribution is -2.22. The quantitative estimate of drug-likeness (QED) is 0.920. The molecule has 1 atom stereocenters. The van der Waals surface area contributed by atoms with Gasteiger partial charge in [-0.3, -0.25) is 0 Å². The molecule has 1 aromatic carbocycles. The molecule has 0 aliphatic carbocycles. The first-order valence-electron chi connectivity index (χ1n) is 5.73. The topological polar surface area (TPSA) is 24.9 Å². The Bertz CT molecular complexity index is 521. The molecule has 0 fully saturated rings. The highest BCUT2D eigenvalue weighted by Gasteiger charge is 2.21. The molecule has 0 radical (unpaired) electrons. The van der Waals surface area contributed by atoms with Crippen molar-refractivity contribution >= 4 is 22.9 Å². The Kier molecular flexibility index (Phi) is 4.32. The predicted molar refractivity (Wildman–Crippen MR) is 73.8 cm³/mol. The Labute approximate surface area is 115 Å². The second kappa shape index (κ2) is 5.78. The molecular formula is C13H14ClFN2S. The molecule has 0 aliphatic rings. The van der Waals surface area contributed by atoms with E-state index in [1.54, 1.807) is 29.7 Å². The highest BCUT2D eigenvalue weighted by molar-refractivity contribution is 7.11. The van der Waals surface area contributed by atoms with E-state index in [9.17, 15) is 4.39 Å². The van der Waals surface area contributed by atoms with Crippen LogP contribution in [0.5, 0.6) is 0 Å². The lowest BCUT2D eigenvalue weighted by Gasteiger charge is -2.18. The van der Waals surface area contributed by atoms with Crippen LogP contribution in [0.3, 0.4) is 0 Å². The van der Waals surface area contributed by atoms with Crippen molar-refractivity contribution < 1.29 is 4.39 Å². The average Bonchev–Trinajstić information content (AvgIpc) is 2.74. The van der Waals surface area contributed by atoms with Crippen LogP contribution in [-0.4, -0.2) is 11.5 Å². The molecule has 0 aliphatic heterocycles. The molecule has 1 aromatic heterocycles. The van der Waals surface area contributed by atoms with Gasteiger partial charge in [0, 0.05) is 21.7 Å². The molecule has 1 N–H and O–H groups in total. The summed E-state index contributed by atoms with van der Waals surface area (Å²) in [7, 11) is 0. The minimum absolute atomic E-state index is 0.241. The number of nitrogens with zero attached hydrogens (tertiary/aromatic N) is 1. The largest absolute Gasteiger partial charge is 0.306 e. The van der Waals surface area contributed by atoms with E-state index in [0.717, 1.165) is 16.4 Å². The first-order chi connectivity index (χ1) is 8.63. The third-order valence-corrected chi connectivity index (χ3v) is 3.93. The summed E-state index contributed by atoms with van der Waals surface area (Å²) in [6.07, 6.45) is 1.77. The Morgan fingerprint density at radius 1 is 1.50 bits per heavy atom. The molecule has 2 aromatic rings. The standard InChI is InChI=1S/C13H14ClFN2S/c1-3-16-13(11-7-17-8(2)18-11)12-9(14)5-4-6-10(12)15/h4-7,13,16H,3H2,1-2H3. The van der Waals surface area contributed by atoms with Crippen LogP contribution in [0.4, 0.5) is 4.39 Å². The lowest BCUT2D eigenvalue weighted by atomic mass is 10.1. The van der Waals surface area contributed by atoms with Gasteiger partial charge in [-0.1, -0.05) is 24.6 Å². The van der Waals surface area contributed by atoms with E-state index in [1.165, 1.54) is 6.07 Å². The second-order valence-corrected chi connectivity index (χ2v) is 5.58. The number of aromatic nitrogens is 1. The molecule has 5 heteroatoms. The van der Waals surface area contributed by atoms with Gasteiger partial charge in [-0.05, 0) is 25.6 Å². The Balaban J connectivity index is 2.47. The summed E-state index contributed by atoms with van der Waals surface area (Å²) in [5, 5.41) is 4.65. The maximum Gasteiger partial charge on any atom is 0.129 e. The second-order valence-electron chi connectivity index (χ2n) is 3.91. The Morgan fingerprint density at radius 2 is 2.28 bits per heavy atom. The molecule has 96 valence electrons. The molecule has 2 rings (SSSR count). The zero-order chi connectivity index (χ0) is 13.1. The maximum absolute atomic E-state index is 14.0. The van der Waals surface area contributed by atoms with Crippen LogP contribution < -0.4 is 5.32 Å².